The molecule has 0 saturated heterocycles. The number of allylic oxidation sites excluding steroid dienone is 3. The molecule has 1 aliphatic rings. The summed E-state index contributed by atoms with van der Waals surface area (Å²) >= 11 is 1.49. The summed E-state index contributed by atoms with van der Waals surface area (Å²) in [5.74, 6) is 0.100. The van der Waals surface area contributed by atoms with Gasteiger partial charge in [0.25, 0.3) is 0 Å². The number of methoxy groups -OCH3 is 1. The Bertz CT molecular complexity index is 551. The fourth-order valence-corrected chi connectivity index (χ4v) is 3.65. The van der Waals surface area contributed by atoms with E-state index in [9.17, 15) is 14.4 Å². The second-order valence-electron chi connectivity index (χ2n) is 6.26. The molecule has 1 atom stereocenters. The number of nitrogens with one attached hydrogen (secondary N) is 1. The zero-order chi connectivity index (χ0) is 18.1. The lowest BCUT2D eigenvalue weighted by molar-refractivity contribution is -0.140. The zero-order valence-corrected chi connectivity index (χ0v) is 15.8. The molecule has 0 fully saturated rings. The molecule has 0 aromatic carbocycles. The molecule has 0 aromatic heterocycles. The second kappa shape index (κ2) is 10.3. The minimum atomic E-state index is -0.325. The summed E-state index contributed by atoms with van der Waals surface area (Å²) in [6.45, 7) is 6.03. The molecular formula is C18H27NO4S. The first-order valence-electron chi connectivity index (χ1n) is 8.26. The van der Waals surface area contributed by atoms with Crippen LogP contribution in [0.5, 0.6) is 0 Å². The molecule has 1 aliphatic carbocycles. The lowest BCUT2D eigenvalue weighted by Gasteiger charge is -2.24. The van der Waals surface area contributed by atoms with E-state index in [-0.39, 0.29) is 24.7 Å². The van der Waals surface area contributed by atoms with E-state index in [1.165, 1.54) is 35.8 Å². The molecule has 0 aromatic rings. The number of carbonyl (C=O) groups is 3. The van der Waals surface area contributed by atoms with Crippen molar-refractivity contribution in [1.29, 1.82) is 0 Å². The maximum absolute atomic E-state index is 12.1. The summed E-state index contributed by atoms with van der Waals surface area (Å²) in [4.78, 5) is 35.6. The van der Waals surface area contributed by atoms with Gasteiger partial charge in [-0.1, -0.05) is 24.3 Å². The van der Waals surface area contributed by atoms with Gasteiger partial charge in [0.05, 0.1) is 12.1 Å². The van der Waals surface area contributed by atoms with Gasteiger partial charge in [0.1, 0.15) is 6.29 Å². The zero-order valence-electron chi connectivity index (χ0n) is 14.9. The number of amides is 1. The summed E-state index contributed by atoms with van der Waals surface area (Å²) in [5.41, 5.74) is 1.84. The van der Waals surface area contributed by atoms with Crippen LogP contribution in [-0.4, -0.2) is 25.3 Å². The number of carbonyl (C=O) groups excluding carboxylic acids is 3. The van der Waals surface area contributed by atoms with Crippen LogP contribution in [0.4, 0.5) is 0 Å². The van der Waals surface area contributed by atoms with Crippen molar-refractivity contribution >= 4 is 29.9 Å². The summed E-state index contributed by atoms with van der Waals surface area (Å²) < 4.78 is 4.55. The highest BCUT2D eigenvalue weighted by atomic mass is 32.2. The Morgan fingerprint density at radius 1 is 1.38 bits per heavy atom. The molecule has 6 heteroatoms. The Kier molecular flexibility index (Phi) is 8.82. The summed E-state index contributed by atoms with van der Waals surface area (Å²) in [5, 5.41) is 3.42. The summed E-state index contributed by atoms with van der Waals surface area (Å²) in [6.07, 6.45) is 4.84. The Morgan fingerprint density at radius 2 is 2.08 bits per heavy atom. The first kappa shape index (κ1) is 20.5. The average molecular weight is 353 g/mol. The van der Waals surface area contributed by atoms with Crippen LogP contribution in [0.2, 0.25) is 0 Å². The van der Waals surface area contributed by atoms with Gasteiger partial charge in [0.15, 0.2) is 0 Å². The number of rotatable bonds is 8. The van der Waals surface area contributed by atoms with Gasteiger partial charge < -0.3 is 10.1 Å². The molecule has 134 valence electrons. The van der Waals surface area contributed by atoms with Gasteiger partial charge in [-0.3, -0.25) is 14.4 Å². The quantitative estimate of drug-likeness (QED) is 0.409. The van der Waals surface area contributed by atoms with Crippen molar-refractivity contribution in [3.63, 3.8) is 0 Å². The van der Waals surface area contributed by atoms with Gasteiger partial charge in [-0.15, -0.1) is 0 Å². The molecule has 1 amide bonds. The van der Waals surface area contributed by atoms with E-state index < -0.39 is 0 Å². The van der Waals surface area contributed by atoms with Gasteiger partial charge in [-0.2, -0.15) is 0 Å². The number of hydrogen-bond donors (Lipinski definition) is 1. The highest BCUT2D eigenvalue weighted by Gasteiger charge is 2.19. The van der Waals surface area contributed by atoms with E-state index >= 15 is 0 Å². The van der Waals surface area contributed by atoms with E-state index in [0.29, 0.717) is 22.9 Å². The maximum atomic E-state index is 12.1. The molecule has 24 heavy (non-hydrogen) atoms. The van der Waals surface area contributed by atoms with Gasteiger partial charge in [-0.25, -0.2) is 0 Å². The molecule has 0 saturated carbocycles. The highest BCUT2D eigenvalue weighted by Crippen LogP contribution is 2.39. The molecule has 0 radical (unpaired) electrons. The molecule has 5 nitrogen and oxygen atoms in total. The van der Waals surface area contributed by atoms with E-state index in [1.807, 2.05) is 0 Å². The van der Waals surface area contributed by atoms with Crippen molar-refractivity contribution in [3.05, 3.63) is 21.1 Å². The average Bonchev–Trinajstić information content (AvgIpc) is 2.56. The lowest BCUT2D eigenvalue weighted by atomic mass is 9.92. The van der Waals surface area contributed by atoms with E-state index in [4.69, 9.17) is 0 Å². The summed E-state index contributed by atoms with van der Waals surface area (Å²) in [6, 6.07) is 0. The molecule has 0 aliphatic heterocycles. The Labute approximate surface area is 148 Å². The smallest absolute Gasteiger partial charge is 0.305 e. The third-order valence-electron chi connectivity index (χ3n) is 4.05. The van der Waals surface area contributed by atoms with Crippen molar-refractivity contribution in [1.82, 2.24) is 5.32 Å². The van der Waals surface area contributed by atoms with Crippen molar-refractivity contribution < 1.29 is 19.1 Å². The normalized spacial score (nSPS) is 18.8. The molecule has 0 heterocycles. The van der Waals surface area contributed by atoms with Crippen LogP contribution < -0.4 is 5.32 Å². The minimum Gasteiger partial charge on any atom is -0.469 e. The number of esters is 1. The highest BCUT2D eigenvalue weighted by molar-refractivity contribution is 8.06. The molecular weight excluding hydrogens is 326 g/mol. The van der Waals surface area contributed by atoms with Crippen molar-refractivity contribution in [3.8, 4) is 0 Å². The standard InChI is InChI=1S/C18H27NO4S/c1-12-8-9-13(2)15(10-12)24-18(14(3)11-20)19-16(21)6-5-7-17(22)23-4/h11-12H,5-10H2,1-4H3,(H,19,21)/b18-14+. The Balaban J connectivity index is 2.69. The van der Waals surface area contributed by atoms with Crippen LogP contribution in [0.15, 0.2) is 21.1 Å². The van der Waals surface area contributed by atoms with Crippen LogP contribution in [-0.2, 0) is 19.1 Å². The number of hydrogen-bond acceptors (Lipinski definition) is 5. The molecule has 0 bridgehead atoms. The lowest BCUT2D eigenvalue weighted by Crippen LogP contribution is -2.23. The van der Waals surface area contributed by atoms with E-state index in [0.717, 1.165) is 19.1 Å². The van der Waals surface area contributed by atoms with Crippen LogP contribution in [0.1, 0.15) is 59.3 Å². The molecule has 1 N–H and O–H groups in total. The van der Waals surface area contributed by atoms with Crippen molar-refractivity contribution in [2.75, 3.05) is 7.11 Å². The third-order valence-corrected chi connectivity index (χ3v) is 5.44. The van der Waals surface area contributed by atoms with Gasteiger partial charge in [-0.05, 0) is 50.4 Å². The largest absolute Gasteiger partial charge is 0.469 e. The number of ether oxygens (including phenoxy) is 1. The fourth-order valence-electron chi connectivity index (χ4n) is 2.39. The van der Waals surface area contributed by atoms with Crippen molar-refractivity contribution in [2.24, 2.45) is 5.92 Å². The van der Waals surface area contributed by atoms with Gasteiger partial charge >= 0.3 is 5.97 Å². The van der Waals surface area contributed by atoms with Crippen LogP contribution in [0.25, 0.3) is 0 Å². The summed E-state index contributed by atoms with van der Waals surface area (Å²) in [7, 11) is 1.33. The second-order valence-corrected chi connectivity index (χ2v) is 7.37. The first-order chi connectivity index (χ1) is 11.4. The Hall–Kier alpha value is -1.56. The minimum absolute atomic E-state index is 0.190. The van der Waals surface area contributed by atoms with Gasteiger partial charge in [0.2, 0.25) is 5.91 Å². The fraction of sp³-hybridized carbons (Fsp3) is 0.611. The predicted octanol–water partition coefficient (Wildman–Crippen LogP) is 3.70. The van der Waals surface area contributed by atoms with E-state index in [2.05, 4.69) is 23.9 Å². The SMILES string of the molecule is COC(=O)CCCC(=O)N/C(SC1=C(C)CCC(C)C1)=C(/C)C=O. The Morgan fingerprint density at radius 3 is 2.71 bits per heavy atom. The van der Waals surface area contributed by atoms with Crippen LogP contribution in [0, 0.1) is 5.92 Å². The van der Waals surface area contributed by atoms with Crippen LogP contribution in [0.3, 0.4) is 0 Å². The van der Waals surface area contributed by atoms with Crippen molar-refractivity contribution in [2.45, 2.75) is 59.3 Å². The predicted molar refractivity (Wildman–Crippen MR) is 96.1 cm³/mol. The molecule has 1 rings (SSSR count). The molecule has 1 unspecified atom stereocenters. The molecule has 0 spiro atoms. The maximum Gasteiger partial charge on any atom is 0.305 e. The monoisotopic (exact) mass is 353 g/mol. The number of thioether (sulfide) groups is 1. The first-order valence-corrected chi connectivity index (χ1v) is 9.08. The van der Waals surface area contributed by atoms with Crippen LogP contribution >= 0.6 is 11.8 Å². The number of aldehydes is 1. The third kappa shape index (κ3) is 6.91. The topological polar surface area (TPSA) is 72.5 Å². The van der Waals surface area contributed by atoms with Gasteiger partial charge in [0, 0.05) is 18.4 Å². The van der Waals surface area contributed by atoms with E-state index in [1.54, 1.807) is 6.92 Å².